The van der Waals surface area contributed by atoms with E-state index in [9.17, 15) is 14.0 Å². The molecule has 0 fully saturated rings. The first-order valence-corrected chi connectivity index (χ1v) is 7.28. The smallest absolute Gasteiger partial charge is 0.251 e. The maximum Gasteiger partial charge on any atom is 0.251 e. The molecule has 1 aromatic carbocycles. The van der Waals surface area contributed by atoms with Crippen LogP contribution in [0.1, 0.15) is 16.1 Å². The molecule has 0 saturated heterocycles. The fourth-order valence-corrected chi connectivity index (χ4v) is 2.16. The van der Waals surface area contributed by atoms with Crippen LogP contribution in [0.3, 0.4) is 0 Å². The maximum atomic E-state index is 12.9. The van der Waals surface area contributed by atoms with Crippen molar-refractivity contribution in [2.24, 2.45) is 7.05 Å². The highest BCUT2D eigenvalue weighted by atomic mass is 19.1. The quantitative estimate of drug-likeness (QED) is 0.792. The van der Waals surface area contributed by atoms with Gasteiger partial charge in [-0.25, -0.2) is 9.07 Å². The van der Waals surface area contributed by atoms with Gasteiger partial charge in [0.15, 0.2) is 0 Å². The molecular weight excluding hydrogens is 311 g/mol. The van der Waals surface area contributed by atoms with Crippen molar-refractivity contribution in [2.45, 2.75) is 6.54 Å². The highest BCUT2D eigenvalue weighted by Gasteiger charge is 2.08. The van der Waals surface area contributed by atoms with Crippen LogP contribution in [-0.2, 0) is 13.6 Å². The third-order valence-corrected chi connectivity index (χ3v) is 3.53. The first kappa shape index (κ1) is 15.7. The third kappa shape index (κ3) is 3.40. The Morgan fingerprint density at radius 1 is 1.17 bits per heavy atom. The number of carbonyl (C=O) groups excluding carboxylic acids is 1. The van der Waals surface area contributed by atoms with Crippen LogP contribution in [0.15, 0.2) is 59.7 Å². The Morgan fingerprint density at radius 3 is 2.62 bits per heavy atom. The summed E-state index contributed by atoms with van der Waals surface area (Å²) in [5, 5.41) is 7.03. The summed E-state index contributed by atoms with van der Waals surface area (Å²) in [6.07, 6.45) is 3.27. The molecule has 2 aromatic heterocycles. The third-order valence-electron chi connectivity index (χ3n) is 3.53. The van der Waals surface area contributed by atoms with Gasteiger partial charge < -0.3 is 9.88 Å². The molecule has 0 spiro atoms. The highest BCUT2D eigenvalue weighted by molar-refractivity contribution is 5.93. The molecule has 24 heavy (non-hydrogen) atoms. The maximum absolute atomic E-state index is 12.9. The minimum Gasteiger partial charge on any atom is -0.346 e. The number of aryl methyl sites for hydroxylation is 1. The van der Waals surface area contributed by atoms with Gasteiger partial charge >= 0.3 is 0 Å². The number of hydrogen-bond donors (Lipinski definition) is 1. The Kier molecular flexibility index (Phi) is 4.24. The van der Waals surface area contributed by atoms with E-state index in [0.717, 1.165) is 5.69 Å². The molecule has 0 aliphatic heterocycles. The van der Waals surface area contributed by atoms with Crippen molar-refractivity contribution in [3.63, 3.8) is 0 Å². The largest absolute Gasteiger partial charge is 0.346 e. The lowest BCUT2D eigenvalue weighted by molar-refractivity contribution is 0.0950. The SMILES string of the molecule is Cn1ccc(C(=O)NCc2ccn(-c3ccc(F)cc3)n2)cc1=O. The van der Waals surface area contributed by atoms with E-state index in [1.54, 1.807) is 48.4 Å². The van der Waals surface area contributed by atoms with Crippen molar-refractivity contribution in [3.05, 3.63) is 82.3 Å². The molecule has 6 nitrogen and oxygen atoms in total. The van der Waals surface area contributed by atoms with Crippen molar-refractivity contribution >= 4 is 5.91 Å². The lowest BCUT2D eigenvalue weighted by Gasteiger charge is -2.04. The van der Waals surface area contributed by atoms with Crippen molar-refractivity contribution < 1.29 is 9.18 Å². The summed E-state index contributed by atoms with van der Waals surface area (Å²) in [5.41, 5.74) is 1.43. The summed E-state index contributed by atoms with van der Waals surface area (Å²) in [4.78, 5) is 23.6. The number of amides is 1. The second-order valence-electron chi connectivity index (χ2n) is 5.28. The number of benzene rings is 1. The van der Waals surface area contributed by atoms with Gasteiger partial charge in [-0.3, -0.25) is 9.59 Å². The van der Waals surface area contributed by atoms with Gasteiger partial charge in [0.25, 0.3) is 11.5 Å². The Bertz CT molecular complexity index is 928. The Balaban J connectivity index is 1.66. The predicted octanol–water partition coefficient (Wildman–Crippen LogP) is 1.64. The van der Waals surface area contributed by atoms with Crippen molar-refractivity contribution in [1.82, 2.24) is 19.7 Å². The van der Waals surface area contributed by atoms with Crippen LogP contribution in [0.25, 0.3) is 5.69 Å². The number of halogens is 1. The molecule has 0 saturated carbocycles. The van der Waals surface area contributed by atoms with Crippen LogP contribution in [-0.4, -0.2) is 20.3 Å². The topological polar surface area (TPSA) is 68.9 Å². The Hall–Kier alpha value is -3.22. The van der Waals surface area contributed by atoms with Crippen molar-refractivity contribution in [1.29, 1.82) is 0 Å². The second-order valence-corrected chi connectivity index (χ2v) is 5.28. The second kappa shape index (κ2) is 6.49. The zero-order chi connectivity index (χ0) is 17.1. The molecule has 122 valence electrons. The zero-order valence-corrected chi connectivity index (χ0v) is 12.9. The number of aromatic nitrogens is 3. The van der Waals surface area contributed by atoms with Crippen LogP contribution >= 0.6 is 0 Å². The number of pyridine rings is 1. The zero-order valence-electron chi connectivity index (χ0n) is 12.9. The van der Waals surface area contributed by atoms with E-state index in [0.29, 0.717) is 11.3 Å². The molecule has 0 atom stereocenters. The first-order chi connectivity index (χ1) is 11.5. The number of nitrogens with one attached hydrogen (secondary N) is 1. The van der Waals surface area contributed by atoms with Gasteiger partial charge in [-0.05, 0) is 36.4 Å². The van der Waals surface area contributed by atoms with E-state index in [4.69, 9.17) is 0 Å². The highest BCUT2D eigenvalue weighted by Crippen LogP contribution is 2.09. The molecule has 2 heterocycles. The molecule has 3 rings (SSSR count). The van der Waals surface area contributed by atoms with E-state index in [1.807, 2.05) is 0 Å². The average molecular weight is 326 g/mol. The van der Waals surface area contributed by atoms with Crippen LogP contribution in [0.5, 0.6) is 0 Å². The van der Waals surface area contributed by atoms with E-state index in [1.165, 1.54) is 22.8 Å². The van der Waals surface area contributed by atoms with Gasteiger partial charge in [0.1, 0.15) is 5.82 Å². The van der Waals surface area contributed by atoms with Crippen molar-refractivity contribution in [2.75, 3.05) is 0 Å². The van der Waals surface area contributed by atoms with Gasteiger partial charge in [0.05, 0.1) is 17.9 Å². The number of rotatable bonds is 4. The van der Waals surface area contributed by atoms with Gasteiger partial charge in [0, 0.05) is 31.1 Å². The molecular formula is C17H15FN4O2. The van der Waals surface area contributed by atoms with E-state index in [2.05, 4.69) is 10.4 Å². The molecule has 7 heteroatoms. The van der Waals surface area contributed by atoms with Gasteiger partial charge in [-0.2, -0.15) is 5.10 Å². The van der Waals surface area contributed by atoms with Crippen LogP contribution in [0.2, 0.25) is 0 Å². The standard InChI is InChI=1S/C17H15FN4O2/c1-21-8-6-12(10-16(21)23)17(24)19-11-14-7-9-22(20-14)15-4-2-13(18)3-5-15/h2-10H,11H2,1H3,(H,19,24). The van der Waals surface area contributed by atoms with Gasteiger partial charge in [-0.1, -0.05) is 0 Å². The first-order valence-electron chi connectivity index (χ1n) is 7.28. The van der Waals surface area contributed by atoms with E-state index < -0.39 is 0 Å². The predicted molar refractivity (Wildman–Crippen MR) is 86.4 cm³/mol. The fraction of sp³-hybridized carbons (Fsp3) is 0.118. The molecule has 0 aliphatic carbocycles. The lowest BCUT2D eigenvalue weighted by Crippen LogP contribution is -2.26. The molecule has 1 N–H and O–H groups in total. The summed E-state index contributed by atoms with van der Waals surface area (Å²) in [7, 11) is 1.62. The summed E-state index contributed by atoms with van der Waals surface area (Å²) >= 11 is 0. The summed E-state index contributed by atoms with van der Waals surface area (Å²) in [6, 6.07) is 10.6. The summed E-state index contributed by atoms with van der Waals surface area (Å²) < 4.78 is 15.9. The molecule has 0 aliphatic rings. The summed E-state index contributed by atoms with van der Waals surface area (Å²) in [5.74, 6) is -0.656. The van der Waals surface area contributed by atoms with Crippen LogP contribution in [0, 0.1) is 5.82 Å². The van der Waals surface area contributed by atoms with Crippen LogP contribution < -0.4 is 10.9 Å². The van der Waals surface area contributed by atoms with E-state index >= 15 is 0 Å². The van der Waals surface area contributed by atoms with Crippen LogP contribution in [0.4, 0.5) is 4.39 Å². The monoisotopic (exact) mass is 326 g/mol. The molecule has 0 radical (unpaired) electrons. The Morgan fingerprint density at radius 2 is 1.92 bits per heavy atom. The normalized spacial score (nSPS) is 10.6. The molecule has 0 bridgehead atoms. The average Bonchev–Trinajstić information content (AvgIpc) is 3.05. The number of nitrogens with zero attached hydrogens (tertiary/aromatic N) is 3. The molecule has 1 amide bonds. The fourth-order valence-electron chi connectivity index (χ4n) is 2.16. The van der Waals surface area contributed by atoms with Gasteiger partial charge in [-0.15, -0.1) is 0 Å². The number of hydrogen-bond acceptors (Lipinski definition) is 3. The minimum absolute atomic E-state index is 0.224. The molecule has 0 unspecified atom stereocenters. The molecule has 3 aromatic rings. The lowest BCUT2D eigenvalue weighted by atomic mass is 10.2. The minimum atomic E-state index is -0.343. The van der Waals surface area contributed by atoms with Crippen molar-refractivity contribution in [3.8, 4) is 5.69 Å². The summed E-state index contributed by atoms with van der Waals surface area (Å²) in [6.45, 7) is 0.224. The van der Waals surface area contributed by atoms with Gasteiger partial charge in [0.2, 0.25) is 0 Å². The Labute approximate surface area is 137 Å². The van der Waals surface area contributed by atoms with E-state index in [-0.39, 0.29) is 23.8 Å². The number of carbonyl (C=O) groups is 1.